The van der Waals surface area contributed by atoms with Crippen LogP contribution in [0.2, 0.25) is 0 Å². The Balaban J connectivity index is 2.03. The summed E-state index contributed by atoms with van der Waals surface area (Å²) in [7, 11) is 1.72. The zero-order valence-electron chi connectivity index (χ0n) is 12.0. The maximum absolute atomic E-state index is 11.6. The Hall–Kier alpha value is -1.22. The summed E-state index contributed by atoms with van der Waals surface area (Å²) >= 11 is 6.79. The van der Waals surface area contributed by atoms with Gasteiger partial charge in [-0.15, -0.1) is 11.6 Å². The van der Waals surface area contributed by atoms with E-state index in [0.717, 1.165) is 17.5 Å². The van der Waals surface area contributed by atoms with Crippen LogP contribution in [0.1, 0.15) is 50.0 Å². The van der Waals surface area contributed by atoms with Gasteiger partial charge in [0.1, 0.15) is 0 Å². The van der Waals surface area contributed by atoms with Crippen molar-refractivity contribution in [1.82, 2.24) is 4.57 Å². The topological polar surface area (TPSA) is 35.1 Å². The van der Waals surface area contributed by atoms with Crippen molar-refractivity contribution in [2.75, 3.05) is 0 Å². The molecule has 0 amide bonds. The minimum absolute atomic E-state index is 0.00934. The van der Waals surface area contributed by atoms with Crippen molar-refractivity contribution in [2.24, 2.45) is 12.5 Å². The van der Waals surface area contributed by atoms with Gasteiger partial charge < -0.3 is 4.42 Å². The van der Waals surface area contributed by atoms with Crippen molar-refractivity contribution in [2.45, 2.75) is 44.4 Å². The van der Waals surface area contributed by atoms with Crippen LogP contribution in [0.5, 0.6) is 0 Å². The third-order valence-corrected chi connectivity index (χ3v) is 5.66. The standard InChI is InChI=1S/C16H20ClNO2/c1-3-16(8-4-5-9-16)14(17)11-6-7-12-13(10-11)20-15(19)18(12)2/h6-7,10,14H,3-5,8-9H2,1-2H3. The molecule has 2 aromatic rings. The SMILES string of the molecule is CCC1(C(Cl)c2ccc3c(c2)oc(=O)n3C)CCCC1. The van der Waals surface area contributed by atoms with Crippen molar-refractivity contribution < 1.29 is 4.42 Å². The molecule has 0 N–H and O–H groups in total. The van der Waals surface area contributed by atoms with Crippen molar-refractivity contribution in [3.8, 4) is 0 Å². The molecule has 1 atom stereocenters. The largest absolute Gasteiger partial charge is 0.419 e. The van der Waals surface area contributed by atoms with Crippen LogP contribution in [0.4, 0.5) is 0 Å². The maximum atomic E-state index is 11.6. The summed E-state index contributed by atoms with van der Waals surface area (Å²) in [5, 5.41) is -0.00934. The van der Waals surface area contributed by atoms with E-state index in [-0.39, 0.29) is 16.5 Å². The van der Waals surface area contributed by atoms with Gasteiger partial charge in [-0.25, -0.2) is 4.79 Å². The van der Waals surface area contributed by atoms with Crippen molar-refractivity contribution in [3.63, 3.8) is 0 Å². The second-order valence-corrected chi connectivity index (χ2v) is 6.38. The molecule has 0 spiro atoms. The Kier molecular flexibility index (Phi) is 3.41. The highest BCUT2D eigenvalue weighted by Gasteiger charge is 2.39. The number of hydrogen-bond donors (Lipinski definition) is 0. The number of nitrogens with zero attached hydrogens (tertiary/aromatic N) is 1. The summed E-state index contributed by atoms with van der Waals surface area (Å²) in [4.78, 5) is 11.6. The normalized spacial score (nSPS) is 19.6. The van der Waals surface area contributed by atoms with Gasteiger partial charge >= 0.3 is 5.76 Å². The van der Waals surface area contributed by atoms with Crippen molar-refractivity contribution in [1.29, 1.82) is 0 Å². The van der Waals surface area contributed by atoms with Gasteiger partial charge in [-0.05, 0) is 42.4 Å². The van der Waals surface area contributed by atoms with E-state index in [1.807, 2.05) is 18.2 Å². The van der Waals surface area contributed by atoms with Crippen LogP contribution in [0.15, 0.2) is 27.4 Å². The highest BCUT2D eigenvalue weighted by Crippen LogP contribution is 2.53. The third kappa shape index (κ3) is 1.99. The Morgan fingerprint density at radius 1 is 1.40 bits per heavy atom. The molecule has 1 aromatic carbocycles. The fourth-order valence-electron chi connectivity index (χ4n) is 3.53. The van der Waals surface area contributed by atoms with Gasteiger partial charge in [-0.1, -0.05) is 25.8 Å². The summed E-state index contributed by atoms with van der Waals surface area (Å²) < 4.78 is 6.79. The van der Waals surface area contributed by atoms with Crippen molar-refractivity contribution >= 4 is 22.7 Å². The van der Waals surface area contributed by atoms with Gasteiger partial charge in [0.05, 0.1) is 10.9 Å². The second kappa shape index (κ2) is 4.96. The van der Waals surface area contributed by atoms with E-state index >= 15 is 0 Å². The van der Waals surface area contributed by atoms with Crippen LogP contribution in [0.25, 0.3) is 11.1 Å². The predicted octanol–water partition coefficient (Wildman–Crippen LogP) is 4.38. The number of aryl methyl sites for hydroxylation is 1. The molecule has 0 radical (unpaired) electrons. The van der Waals surface area contributed by atoms with E-state index in [4.69, 9.17) is 16.0 Å². The zero-order chi connectivity index (χ0) is 14.3. The number of hydrogen-bond acceptors (Lipinski definition) is 2. The van der Waals surface area contributed by atoms with Gasteiger partial charge in [-0.2, -0.15) is 0 Å². The number of halogens is 1. The molecule has 1 aromatic heterocycles. The molecule has 0 bridgehead atoms. The Morgan fingerprint density at radius 3 is 2.75 bits per heavy atom. The van der Waals surface area contributed by atoms with E-state index in [0.29, 0.717) is 5.58 Å². The fraction of sp³-hybridized carbons (Fsp3) is 0.562. The van der Waals surface area contributed by atoms with Crippen LogP contribution in [-0.2, 0) is 7.05 Å². The lowest BCUT2D eigenvalue weighted by molar-refractivity contribution is 0.271. The molecule has 4 heteroatoms. The number of benzene rings is 1. The van der Waals surface area contributed by atoms with E-state index in [9.17, 15) is 4.79 Å². The number of fused-ring (bicyclic) bond motifs is 1. The molecule has 1 aliphatic carbocycles. The lowest BCUT2D eigenvalue weighted by atomic mass is 9.77. The Bertz CT molecular complexity index is 679. The summed E-state index contributed by atoms with van der Waals surface area (Å²) in [5.41, 5.74) is 2.71. The monoisotopic (exact) mass is 293 g/mol. The predicted molar refractivity (Wildman–Crippen MR) is 81.2 cm³/mol. The molecule has 3 nitrogen and oxygen atoms in total. The molecule has 108 valence electrons. The molecular weight excluding hydrogens is 274 g/mol. The first kappa shape index (κ1) is 13.7. The fourth-order valence-corrected chi connectivity index (χ4v) is 4.04. The highest BCUT2D eigenvalue weighted by molar-refractivity contribution is 6.21. The van der Waals surface area contributed by atoms with E-state index in [1.54, 1.807) is 7.05 Å². The number of alkyl halides is 1. The molecule has 20 heavy (non-hydrogen) atoms. The Morgan fingerprint density at radius 2 is 2.10 bits per heavy atom. The van der Waals surface area contributed by atoms with E-state index in [2.05, 4.69) is 6.92 Å². The average Bonchev–Trinajstić information content (AvgIpc) is 3.05. The first-order valence-corrected chi connectivity index (χ1v) is 7.74. The Labute approximate surface area is 123 Å². The quantitative estimate of drug-likeness (QED) is 0.787. The van der Waals surface area contributed by atoms with Gasteiger partial charge in [0, 0.05) is 7.05 Å². The first-order valence-electron chi connectivity index (χ1n) is 7.31. The van der Waals surface area contributed by atoms with Crippen molar-refractivity contribution in [3.05, 3.63) is 34.3 Å². The van der Waals surface area contributed by atoms with Crippen LogP contribution in [-0.4, -0.2) is 4.57 Å². The number of oxazole rings is 1. The van der Waals surface area contributed by atoms with Crippen LogP contribution >= 0.6 is 11.6 Å². The zero-order valence-corrected chi connectivity index (χ0v) is 12.7. The smallest absolute Gasteiger partial charge is 0.408 e. The first-order chi connectivity index (χ1) is 9.57. The summed E-state index contributed by atoms with van der Waals surface area (Å²) in [6, 6.07) is 5.90. The van der Waals surface area contributed by atoms with Crippen LogP contribution in [0.3, 0.4) is 0 Å². The van der Waals surface area contributed by atoms with Gasteiger partial charge in [0.25, 0.3) is 0 Å². The third-order valence-electron chi connectivity index (χ3n) is 4.95. The summed E-state index contributed by atoms with van der Waals surface area (Å²) in [6.45, 7) is 2.22. The molecule has 3 rings (SSSR count). The van der Waals surface area contributed by atoms with Crippen LogP contribution < -0.4 is 5.76 Å². The number of aromatic nitrogens is 1. The summed E-state index contributed by atoms with van der Waals surface area (Å²) in [5.74, 6) is -0.325. The average molecular weight is 294 g/mol. The minimum Gasteiger partial charge on any atom is -0.408 e. The highest BCUT2D eigenvalue weighted by atomic mass is 35.5. The molecule has 1 heterocycles. The summed E-state index contributed by atoms with van der Waals surface area (Å²) in [6.07, 6.45) is 6.00. The lowest BCUT2D eigenvalue weighted by Gasteiger charge is -2.33. The molecular formula is C16H20ClNO2. The molecule has 1 aliphatic rings. The molecule has 1 fully saturated rings. The minimum atomic E-state index is -0.325. The van der Waals surface area contributed by atoms with Gasteiger partial charge in [0.2, 0.25) is 0 Å². The second-order valence-electron chi connectivity index (χ2n) is 5.94. The molecule has 1 saturated carbocycles. The van der Waals surface area contributed by atoms with E-state index < -0.39 is 0 Å². The lowest BCUT2D eigenvalue weighted by Crippen LogP contribution is -2.21. The maximum Gasteiger partial charge on any atom is 0.419 e. The molecule has 1 unspecified atom stereocenters. The molecule has 0 saturated heterocycles. The van der Waals surface area contributed by atoms with Gasteiger partial charge in [-0.3, -0.25) is 4.57 Å². The number of rotatable bonds is 3. The molecule has 0 aliphatic heterocycles. The van der Waals surface area contributed by atoms with Gasteiger partial charge in [0.15, 0.2) is 5.58 Å². The van der Waals surface area contributed by atoms with Crippen LogP contribution in [0, 0.1) is 5.41 Å². The van der Waals surface area contributed by atoms with E-state index in [1.165, 1.54) is 30.3 Å².